The van der Waals surface area contributed by atoms with Gasteiger partial charge in [0.2, 0.25) is 0 Å². The van der Waals surface area contributed by atoms with Crippen LogP contribution in [0.1, 0.15) is 74.6 Å². The molecule has 0 bridgehead atoms. The molecule has 2 aliphatic rings. The normalized spacial score (nSPS) is 15.2. The third-order valence-corrected chi connectivity index (χ3v) is 22.0. The van der Waals surface area contributed by atoms with Crippen LogP contribution in [0.4, 0.5) is 34.1 Å². The predicted octanol–water partition coefficient (Wildman–Crippen LogP) is 24.8. The van der Waals surface area contributed by atoms with E-state index in [-0.39, 0.29) is 65.8 Å². The Balaban J connectivity index is 0.978. The van der Waals surface area contributed by atoms with Gasteiger partial charge in [0, 0.05) is 77.2 Å². The highest BCUT2D eigenvalue weighted by Crippen LogP contribution is 2.54. The van der Waals surface area contributed by atoms with Crippen molar-refractivity contribution in [3.8, 4) is 39.3 Å². The van der Waals surface area contributed by atoms with Crippen molar-refractivity contribution in [3.63, 3.8) is 0 Å². The fourth-order valence-corrected chi connectivity index (χ4v) is 17.3. The van der Waals surface area contributed by atoms with Crippen LogP contribution in [0.25, 0.3) is 149 Å². The van der Waals surface area contributed by atoms with E-state index in [4.69, 9.17) is 11.6 Å². The Kier molecular flexibility index (Phi) is 9.77. The van der Waals surface area contributed by atoms with Crippen LogP contribution in [0, 0.1) is 0 Å². The molecule has 20 aromatic rings. The molecule has 0 saturated heterocycles. The van der Waals surface area contributed by atoms with Gasteiger partial charge in [0.15, 0.2) is 0 Å². The van der Waals surface area contributed by atoms with E-state index in [1.807, 2.05) is 127 Å². The lowest BCUT2D eigenvalue weighted by atomic mass is 9.33. The van der Waals surface area contributed by atoms with Crippen LogP contribution in [-0.4, -0.2) is 20.4 Å². The summed E-state index contributed by atoms with van der Waals surface area (Å²) < 4.78 is 174. The molecule has 0 radical (unpaired) electrons. The summed E-state index contributed by atoms with van der Waals surface area (Å²) in [5.41, 5.74) is 15.2. The minimum atomic E-state index is -0.835. The summed E-state index contributed by atoms with van der Waals surface area (Å²) in [7, 11) is 0. The Bertz CT molecular complexity index is 8020. The molecule has 2 aliphatic heterocycles. The first-order valence-corrected chi connectivity index (χ1v) is 35.7. The lowest BCUT2D eigenvalue weighted by molar-refractivity contribution is 0.591. The van der Waals surface area contributed by atoms with Crippen molar-refractivity contribution in [1.82, 2.24) is 13.7 Å². The topological polar surface area (TPSA) is 47.6 Å². The highest BCUT2D eigenvalue weighted by Gasteiger charge is 2.46. The first-order chi connectivity index (χ1) is 58.5. The van der Waals surface area contributed by atoms with Crippen molar-refractivity contribution < 1.29 is 30.8 Å². The van der Waals surface area contributed by atoms with Gasteiger partial charge in [0.25, 0.3) is 6.71 Å². The third kappa shape index (κ3) is 8.76. The van der Waals surface area contributed by atoms with E-state index in [1.165, 1.54) is 4.57 Å². The number of furan rings is 2. The van der Waals surface area contributed by atoms with Gasteiger partial charge in [-0.1, -0.05) is 241 Å². The largest absolute Gasteiger partial charge is 0.456 e. The van der Waals surface area contributed by atoms with Gasteiger partial charge >= 0.3 is 0 Å². The summed E-state index contributed by atoms with van der Waals surface area (Å²) in [6.07, 6.45) is 0. The Morgan fingerprint density at radius 1 is 0.302 bits per heavy atom. The van der Waals surface area contributed by atoms with Gasteiger partial charge < -0.3 is 32.3 Å². The first kappa shape index (κ1) is 46.5. The molecule has 106 heavy (non-hydrogen) atoms. The molecule has 0 amide bonds. The number of fused-ring (bicyclic) bond motifs is 19. The molecule has 0 aliphatic carbocycles. The van der Waals surface area contributed by atoms with Gasteiger partial charge in [0.05, 0.1) is 82.9 Å². The van der Waals surface area contributed by atoms with E-state index in [9.17, 15) is 19.2 Å². The van der Waals surface area contributed by atoms with Crippen LogP contribution < -0.4 is 26.2 Å². The molecule has 0 N–H and O–H groups in total. The van der Waals surface area contributed by atoms with Gasteiger partial charge in [-0.05, 0) is 176 Å². The van der Waals surface area contributed by atoms with Crippen LogP contribution in [-0.2, 0) is 10.8 Å². The fourth-order valence-electron chi connectivity index (χ4n) is 17.3. The van der Waals surface area contributed by atoms with Gasteiger partial charge in [-0.25, -0.2) is 0 Å². The van der Waals surface area contributed by atoms with E-state index in [1.54, 1.807) is 4.57 Å². The van der Waals surface area contributed by atoms with Crippen LogP contribution in [0.15, 0.2) is 324 Å². The number of rotatable bonds is 7. The van der Waals surface area contributed by atoms with Gasteiger partial charge in [-0.3, -0.25) is 0 Å². The lowest BCUT2D eigenvalue weighted by Crippen LogP contribution is -2.61. The first-order valence-electron chi connectivity index (χ1n) is 43.7. The number of nitrogens with zero attached hydrogens (tertiary/aromatic N) is 5. The van der Waals surface area contributed by atoms with E-state index >= 15 is 0 Å². The van der Waals surface area contributed by atoms with Crippen molar-refractivity contribution in [2.75, 3.05) is 9.80 Å². The minimum absolute atomic E-state index is 0.101. The van der Waals surface area contributed by atoms with Crippen LogP contribution in [0.2, 0.25) is 0 Å². The van der Waals surface area contributed by atoms with Gasteiger partial charge in [0.1, 0.15) is 22.3 Å². The standard InChI is InChI=1S/C98H70BN5O2/c1-97(2,3)62-44-49-83-74(54-62)71-33-15-23-41-82(71)101(83)64-46-48-77-85(56-64)104(87-51-61(66-28-10-18-36-75(66)98(4,5)6)53-93-95(87)73-35-17-25-43-91(73)106-93)89-58-65(102-80-39-21-13-31-69(80)70-32-14-22-40-81(70)102)57-88-96(89)99(77)76-47-45-63(100-78-37-19-11-29-67(78)68-30-12-20-38-79(68)100)55-84(76)103(88)86-50-60(59-26-8-7-9-27-59)52-92-94(86)72-34-16-24-42-90(72)105-92/h7-58H,1-6H3/i11D,12D,13D,14D,19D,20D,21D,22D,29D,30D,31D,32D,37D,38D,39D,40D. The average molecular weight is 1380 g/mol. The number of hydrogen-bond acceptors (Lipinski definition) is 4. The molecule has 7 heterocycles. The fraction of sp³-hybridized carbons (Fsp3) is 0.0816. The second-order valence-corrected chi connectivity index (χ2v) is 30.0. The van der Waals surface area contributed by atoms with E-state index in [0.29, 0.717) is 78.2 Å². The molecule has 0 spiro atoms. The zero-order valence-corrected chi connectivity index (χ0v) is 58.4. The smallest absolute Gasteiger partial charge is 0.252 e. The number of aromatic nitrogens is 3. The molecule has 15 aromatic carbocycles. The lowest BCUT2D eigenvalue weighted by Gasteiger charge is -2.45. The monoisotopic (exact) mass is 1380 g/mol. The second kappa shape index (κ2) is 22.2. The van der Waals surface area contributed by atoms with E-state index in [2.05, 4.69) is 147 Å². The maximum absolute atomic E-state index is 10.2. The zero-order valence-electron chi connectivity index (χ0n) is 74.4. The number of anilines is 6. The van der Waals surface area contributed by atoms with Gasteiger partial charge in [-0.15, -0.1) is 0 Å². The third-order valence-electron chi connectivity index (χ3n) is 22.0. The van der Waals surface area contributed by atoms with Crippen molar-refractivity contribution in [2.45, 2.75) is 52.4 Å². The van der Waals surface area contributed by atoms with Crippen LogP contribution in [0.5, 0.6) is 0 Å². The summed E-state index contributed by atoms with van der Waals surface area (Å²) in [6, 6.07) is 64.6. The highest BCUT2D eigenvalue weighted by molar-refractivity contribution is 7.00. The summed E-state index contributed by atoms with van der Waals surface area (Å²) in [4.78, 5) is 4.39. The molecule has 5 aromatic heterocycles. The molecule has 0 saturated carbocycles. The van der Waals surface area contributed by atoms with Crippen molar-refractivity contribution >= 4 is 167 Å². The molecular weight excluding hydrogens is 1290 g/mol. The number of hydrogen-bond donors (Lipinski definition) is 0. The van der Waals surface area contributed by atoms with E-state index < -0.39 is 103 Å². The molecule has 7 nitrogen and oxygen atoms in total. The average Bonchev–Trinajstić information content (AvgIpc) is 1.03. The predicted molar refractivity (Wildman–Crippen MR) is 446 cm³/mol. The minimum Gasteiger partial charge on any atom is -0.456 e. The molecule has 0 unspecified atom stereocenters. The molecule has 8 heteroatoms. The van der Waals surface area contributed by atoms with Gasteiger partial charge in [-0.2, -0.15) is 0 Å². The van der Waals surface area contributed by atoms with Crippen LogP contribution >= 0.6 is 0 Å². The Labute approximate surface area is 635 Å². The summed E-state index contributed by atoms with van der Waals surface area (Å²) in [5, 5.41) is 4.46. The molecular formula is C98H70BN5O2. The Morgan fingerprint density at radius 3 is 1.29 bits per heavy atom. The second-order valence-electron chi connectivity index (χ2n) is 30.0. The maximum atomic E-state index is 10.2. The highest BCUT2D eigenvalue weighted by atomic mass is 16.3. The number of para-hydroxylation sites is 7. The summed E-state index contributed by atoms with van der Waals surface area (Å²) in [5.74, 6) is 0. The van der Waals surface area contributed by atoms with Crippen molar-refractivity contribution in [2.24, 2.45) is 0 Å². The van der Waals surface area contributed by atoms with Crippen molar-refractivity contribution in [1.29, 1.82) is 0 Å². The SMILES string of the molecule is [2H]c1c([2H])c([2H])c2c(c1[2H])c1c([2H])c([2H])c([2H])c([2H])c1n2-c1ccc2c(c1)N(c1cc(-c3ccccc3)cc3oc4ccccc4c13)c1cc(-n3c4c([2H])c([2H])c([2H])c([2H])c4c4c([2H])c([2H])c([2H])c([2H])c43)cc3c1B2c1ccc(-n2c4ccccc4c4cc(C(C)(C)C)ccc42)cc1N3c1cc(-c2ccccc2C(C)(C)C)cc2oc3ccccc3c12. The molecule has 502 valence electrons. The Morgan fingerprint density at radius 2 is 0.745 bits per heavy atom. The molecule has 0 fully saturated rings. The Hall–Kier alpha value is -13.0. The van der Waals surface area contributed by atoms with Crippen molar-refractivity contribution in [3.05, 3.63) is 326 Å². The van der Waals surface area contributed by atoms with E-state index in [0.717, 1.165) is 77.1 Å². The molecule has 0 atom stereocenters. The van der Waals surface area contributed by atoms with Crippen LogP contribution in [0.3, 0.4) is 0 Å². The zero-order chi connectivity index (χ0) is 84.5. The maximum Gasteiger partial charge on any atom is 0.252 e. The summed E-state index contributed by atoms with van der Waals surface area (Å²) >= 11 is 0. The summed E-state index contributed by atoms with van der Waals surface area (Å²) in [6.45, 7) is 12.4. The molecule has 22 rings (SSSR count). The quantitative estimate of drug-likeness (QED) is 0.149. The number of benzene rings is 15.